The van der Waals surface area contributed by atoms with Gasteiger partial charge in [0, 0.05) is 24.6 Å². The second kappa shape index (κ2) is 16.0. The van der Waals surface area contributed by atoms with Crippen LogP contribution in [0.3, 0.4) is 0 Å². The van der Waals surface area contributed by atoms with Crippen molar-refractivity contribution in [3.63, 3.8) is 0 Å². The number of hydrogen-bond acceptors (Lipinski definition) is 8. The van der Waals surface area contributed by atoms with Crippen LogP contribution in [0.15, 0.2) is 0 Å². The van der Waals surface area contributed by atoms with Crippen LogP contribution in [0.2, 0.25) is 0 Å². The summed E-state index contributed by atoms with van der Waals surface area (Å²) < 4.78 is 63.5. The van der Waals surface area contributed by atoms with Crippen LogP contribution in [-0.4, -0.2) is 106 Å². The molecule has 2 aliphatic heterocycles. The number of amides is 2. The zero-order chi connectivity index (χ0) is 28.1. The van der Waals surface area contributed by atoms with Crippen molar-refractivity contribution in [2.75, 3.05) is 37.7 Å². The van der Waals surface area contributed by atoms with E-state index >= 15 is 0 Å². The van der Waals surface area contributed by atoms with Crippen LogP contribution < -0.4 is 11.5 Å². The first-order chi connectivity index (χ1) is 16.5. The monoisotopic (exact) mass is 574 g/mol. The summed E-state index contributed by atoms with van der Waals surface area (Å²) in [6.07, 6.45) is -6.24. The molecule has 2 heterocycles. The predicted octanol–water partition coefficient (Wildman–Crippen LogP) is 1.53. The van der Waals surface area contributed by atoms with E-state index in [4.69, 9.17) is 31.3 Å². The first kappa shape index (κ1) is 34.1. The van der Waals surface area contributed by atoms with Crippen LogP contribution in [0.4, 0.5) is 26.3 Å². The second-order valence-corrected chi connectivity index (χ2v) is 10.1. The largest absolute Gasteiger partial charge is 0.490 e. The maximum atomic E-state index is 11.3. The Labute approximate surface area is 210 Å². The maximum Gasteiger partial charge on any atom is 0.490 e. The Bertz CT molecular complexity index is 684. The molecule has 0 saturated carbocycles. The molecule has 0 aromatic rings. The Morgan fingerprint density at radius 2 is 1.00 bits per heavy atom. The van der Waals surface area contributed by atoms with E-state index in [2.05, 4.69) is 9.80 Å². The highest BCUT2D eigenvalue weighted by Crippen LogP contribution is 2.25. The van der Waals surface area contributed by atoms with Crippen LogP contribution in [0, 0.1) is 0 Å². The Kier molecular flexibility index (Phi) is 15.2. The quantitative estimate of drug-likeness (QED) is 0.180. The topological polar surface area (TPSA) is 167 Å². The van der Waals surface area contributed by atoms with Gasteiger partial charge in [0.2, 0.25) is 11.8 Å². The van der Waals surface area contributed by atoms with E-state index in [0.717, 1.165) is 63.4 Å². The Hall–Kier alpha value is -1.92. The van der Waals surface area contributed by atoms with Gasteiger partial charge >= 0.3 is 24.3 Å². The molecule has 36 heavy (non-hydrogen) atoms. The summed E-state index contributed by atoms with van der Waals surface area (Å²) in [5.74, 6) is -3.91. The summed E-state index contributed by atoms with van der Waals surface area (Å²) in [7, 11) is 3.65. The minimum absolute atomic E-state index is 0.0634. The van der Waals surface area contributed by atoms with Crippen LogP contribution >= 0.6 is 21.6 Å². The molecule has 0 aliphatic carbocycles. The van der Waals surface area contributed by atoms with E-state index in [1.54, 1.807) is 0 Å². The molecule has 210 valence electrons. The van der Waals surface area contributed by atoms with Crippen LogP contribution in [0.25, 0.3) is 0 Å². The van der Waals surface area contributed by atoms with Crippen molar-refractivity contribution in [2.45, 2.75) is 50.1 Å². The summed E-state index contributed by atoms with van der Waals surface area (Å²) >= 11 is 0. The van der Waals surface area contributed by atoms with E-state index in [1.807, 2.05) is 21.6 Å². The number of likely N-dealkylation sites (tertiary alicyclic amines) is 2. The van der Waals surface area contributed by atoms with E-state index < -0.39 is 24.3 Å². The molecule has 0 unspecified atom stereocenters. The molecule has 2 amide bonds. The number of carboxylic acid groups (broad SMARTS) is 2. The van der Waals surface area contributed by atoms with Crippen molar-refractivity contribution in [1.29, 1.82) is 0 Å². The molecule has 0 aromatic carbocycles. The Morgan fingerprint density at radius 3 is 1.22 bits per heavy atom. The number of nitrogens with zero attached hydrogens (tertiary/aromatic N) is 2. The van der Waals surface area contributed by atoms with E-state index in [9.17, 15) is 35.9 Å². The second-order valence-electron chi connectivity index (χ2n) is 7.44. The fraction of sp³-hybridized carbons (Fsp3) is 0.778. The van der Waals surface area contributed by atoms with Crippen LogP contribution in [0.5, 0.6) is 0 Å². The standard InChI is InChI=1S/C14H26N4O2S2.2C2HF3O2/c15-13(19)11-3-1-5-17(11)7-9-21-22-10-8-18-6-2-4-12(18)14(16)20;2*3-2(4,5)1(6)7/h11-12H,1-10H2,(H2,15,19)(H2,16,20);2*(H,6,7)/t11-,12-;;/m0../s1. The highest BCUT2D eigenvalue weighted by atomic mass is 33.1. The molecular formula is C18H28F6N4O6S2. The van der Waals surface area contributed by atoms with Gasteiger partial charge in [-0.15, -0.1) is 0 Å². The molecule has 2 aliphatic rings. The zero-order valence-electron chi connectivity index (χ0n) is 18.9. The Morgan fingerprint density at radius 1 is 0.722 bits per heavy atom. The van der Waals surface area contributed by atoms with E-state index in [0.29, 0.717) is 0 Å². The number of carbonyl (C=O) groups excluding carboxylic acids is 2. The molecule has 2 saturated heterocycles. The highest BCUT2D eigenvalue weighted by Gasteiger charge is 2.39. The molecule has 2 atom stereocenters. The van der Waals surface area contributed by atoms with Gasteiger partial charge < -0.3 is 21.7 Å². The summed E-state index contributed by atoms with van der Waals surface area (Å²) in [6.45, 7) is 3.79. The Balaban J connectivity index is 0.000000720. The van der Waals surface area contributed by atoms with Crippen molar-refractivity contribution < 1.29 is 55.7 Å². The molecule has 10 nitrogen and oxygen atoms in total. The first-order valence-corrected chi connectivity index (χ1v) is 12.9. The van der Waals surface area contributed by atoms with Crippen molar-refractivity contribution in [2.24, 2.45) is 11.5 Å². The fourth-order valence-electron chi connectivity index (χ4n) is 3.26. The molecule has 0 bridgehead atoms. The van der Waals surface area contributed by atoms with Gasteiger partial charge in [-0.3, -0.25) is 19.4 Å². The molecule has 6 N–H and O–H groups in total. The van der Waals surface area contributed by atoms with Gasteiger partial charge in [-0.05, 0) is 38.8 Å². The lowest BCUT2D eigenvalue weighted by molar-refractivity contribution is -0.193. The fourth-order valence-corrected chi connectivity index (χ4v) is 5.27. The summed E-state index contributed by atoms with van der Waals surface area (Å²) in [5, 5.41) is 14.2. The van der Waals surface area contributed by atoms with Crippen molar-refractivity contribution >= 4 is 45.3 Å². The first-order valence-electron chi connectivity index (χ1n) is 10.4. The van der Waals surface area contributed by atoms with Gasteiger partial charge in [0.15, 0.2) is 0 Å². The lowest BCUT2D eigenvalue weighted by Gasteiger charge is -2.22. The molecule has 0 radical (unpaired) electrons. The van der Waals surface area contributed by atoms with E-state index in [-0.39, 0.29) is 23.9 Å². The number of nitrogens with two attached hydrogens (primary N) is 2. The van der Waals surface area contributed by atoms with Crippen molar-refractivity contribution in [1.82, 2.24) is 9.80 Å². The lowest BCUT2D eigenvalue weighted by atomic mass is 10.2. The third-order valence-electron chi connectivity index (χ3n) is 4.88. The summed E-state index contributed by atoms with van der Waals surface area (Å²) in [6, 6.07) is -0.127. The van der Waals surface area contributed by atoms with Crippen LogP contribution in [-0.2, 0) is 19.2 Å². The minimum atomic E-state index is -5.08. The number of carboxylic acids is 2. The van der Waals surface area contributed by atoms with Gasteiger partial charge in [0.1, 0.15) is 0 Å². The molecule has 2 fully saturated rings. The average molecular weight is 575 g/mol. The molecule has 18 heteroatoms. The average Bonchev–Trinajstić information content (AvgIpc) is 3.39. The number of carbonyl (C=O) groups is 4. The highest BCUT2D eigenvalue weighted by molar-refractivity contribution is 8.76. The van der Waals surface area contributed by atoms with E-state index in [1.165, 1.54) is 0 Å². The molecule has 0 spiro atoms. The maximum absolute atomic E-state index is 11.3. The minimum Gasteiger partial charge on any atom is -0.475 e. The number of halogens is 6. The number of rotatable bonds is 9. The van der Waals surface area contributed by atoms with Crippen molar-refractivity contribution in [3.05, 3.63) is 0 Å². The number of aliphatic carboxylic acids is 2. The predicted molar refractivity (Wildman–Crippen MR) is 120 cm³/mol. The smallest absolute Gasteiger partial charge is 0.475 e. The van der Waals surface area contributed by atoms with Gasteiger partial charge in [-0.25, -0.2) is 9.59 Å². The van der Waals surface area contributed by atoms with Crippen LogP contribution in [0.1, 0.15) is 25.7 Å². The molecular weight excluding hydrogens is 546 g/mol. The summed E-state index contributed by atoms with van der Waals surface area (Å²) in [4.78, 5) is 44.8. The van der Waals surface area contributed by atoms with Gasteiger partial charge in [0.25, 0.3) is 0 Å². The third-order valence-corrected chi connectivity index (χ3v) is 7.24. The van der Waals surface area contributed by atoms with Gasteiger partial charge in [-0.2, -0.15) is 26.3 Å². The molecule has 0 aromatic heterocycles. The zero-order valence-corrected chi connectivity index (χ0v) is 20.5. The molecule has 2 rings (SSSR count). The normalized spacial score (nSPS) is 20.6. The number of primary amides is 2. The number of alkyl halides is 6. The van der Waals surface area contributed by atoms with Gasteiger partial charge in [0.05, 0.1) is 12.1 Å². The SMILES string of the molecule is NC(=O)[C@@H]1CCCN1CCSSCCN1CCC[C@H]1C(N)=O.O=C(O)C(F)(F)F.O=C(O)C(F)(F)F. The summed E-state index contributed by atoms with van der Waals surface area (Å²) in [5.41, 5.74) is 10.8. The number of hydrogen-bond donors (Lipinski definition) is 4. The lowest BCUT2D eigenvalue weighted by Crippen LogP contribution is -2.41. The van der Waals surface area contributed by atoms with Crippen molar-refractivity contribution in [3.8, 4) is 0 Å². The van der Waals surface area contributed by atoms with Gasteiger partial charge in [-0.1, -0.05) is 21.6 Å². The third kappa shape index (κ3) is 14.0.